The van der Waals surface area contributed by atoms with E-state index in [1.165, 1.54) is 23.4 Å². The van der Waals surface area contributed by atoms with Crippen molar-refractivity contribution in [3.8, 4) is 5.75 Å². The van der Waals surface area contributed by atoms with Gasteiger partial charge in [0.25, 0.3) is 5.91 Å². The molecule has 16 heavy (non-hydrogen) atoms. The van der Waals surface area contributed by atoms with Gasteiger partial charge in [0.05, 0.1) is 11.8 Å². The summed E-state index contributed by atoms with van der Waals surface area (Å²) < 4.78 is 0. The summed E-state index contributed by atoms with van der Waals surface area (Å²) >= 11 is 0. The Morgan fingerprint density at radius 2 is 2.25 bits per heavy atom. The minimum atomic E-state index is -0.452. The van der Waals surface area contributed by atoms with Crippen LogP contribution in [0.5, 0.6) is 5.75 Å². The molecule has 5 heteroatoms. The summed E-state index contributed by atoms with van der Waals surface area (Å²) in [5, 5.41) is 9.53. The van der Waals surface area contributed by atoms with Crippen LogP contribution in [0.15, 0.2) is 18.5 Å². The van der Waals surface area contributed by atoms with E-state index in [1.54, 1.807) is 7.05 Å². The number of hydrogen-bond acceptors (Lipinski definition) is 4. The first-order valence-corrected chi connectivity index (χ1v) is 5.01. The molecular weight excluding hydrogens is 206 g/mol. The molecule has 0 unspecified atom stereocenters. The summed E-state index contributed by atoms with van der Waals surface area (Å²) in [7, 11) is 1.66. The van der Waals surface area contributed by atoms with Gasteiger partial charge in [-0.3, -0.25) is 9.78 Å². The monoisotopic (exact) mass is 223 g/mol. The van der Waals surface area contributed by atoms with Crippen molar-refractivity contribution in [1.29, 1.82) is 0 Å². The second kappa shape index (κ2) is 4.49. The van der Waals surface area contributed by atoms with Gasteiger partial charge in [-0.2, -0.15) is 0 Å². The molecule has 1 amide bonds. The van der Waals surface area contributed by atoms with Crippen molar-refractivity contribution in [2.24, 2.45) is 5.73 Å². The van der Waals surface area contributed by atoms with E-state index >= 15 is 0 Å². The van der Waals surface area contributed by atoms with Crippen LogP contribution in [0.25, 0.3) is 0 Å². The Hall–Kier alpha value is -1.62. The smallest absolute Gasteiger partial charge is 0.257 e. The highest BCUT2D eigenvalue weighted by Crippen LogP contribution is 2.20. The number of hydrogen-bond donors (Lipinski definition) is 2. The predicted molar refractivity (Wildman–Crippen MR) is 61.1 cm³/mol. The molecule has 0 aliphatic carbocycles. The highest BCUT2D eigenvalue weighted by Gasteiger charge is 2.28. The van der Waals surface area contributed by atoms with E-state index in [9.17, 15) is 9.90 Å². The molecule has 1 rings (SSSR count). The number of nitrogens with two attached hydrogens (primary N) is 1. The molecular formula is C11H17N3O2. The largest absolute Gasteiger partial charge is 0.505 e. The third-order valence-corrected chi connectivity index (χ3v) is 2.74. The molecule has 0 saturated heterocycles. The molecule has 3 N–H and O–H groups in total. The van der Waals surface area contributed by atoms with Crippen molar-refractivity contribution in [1.82, 2.24) is 9.88 Å². The number of likely N-dealkylation sites (N-methyl/N-ethyl adjacent to an activating group) is 1. The van der Waals surface area contributed by atoms with E-state index in [4.69, 9.17) is 5.73 Å². The topological polar surface area (TPSA) is 79.5 Å². The van der Waals surface area contributed by atoms with Crippen LogP contribution in [-0.2, 0) is 0 Å². The molecule has 0 atom stereocenters. The molecule has 0 bridgehead atoms. The summed E-state index contributed by atoms with van der Waals surface area (Å²) in [6, 6.07) is 1.49. The lowest BCUT2D eigenvalue weighted by Gasteiger charge is -2.34. The van der Waals surface area contributed by atoms with Gasteiger partial charge in [0.2, 0.25) is 0 Å². The Bertz CT molecular complexity index is 391. The lowest BCUT2D eigenvalue weighted by molar-refractivity contribution is 0.0637. The Labute approximate surface area is 94.9 Å². The Balaban J connectivity index is 3.00. The molecule has 0 aliphatic heterocycles. The molecule has 0 aromatic carbocycles. The second-order valence-corrected chi connectivity index (χ2v) is 4.27. The Kier molecular flexibility index (Phi) is 3.49. The molecule has 0 fully saturated rings. The summed E-state index contributed by atoms with van der Waals surface area (Å²) in [6.07, 6.45) is 2.72. The van der Waals surface area contributed by atoms with Crippen molar-refractivity contribution in [3.05, 3.63) is 24.0 Å². The van der Waals surface area contributed by atoms with Crippen LogP contribution in [0, 0.1) is 0 Å². The molecule has 88 valence electrons. The first kappa shape index (κ1) is 12.4. The number of carbonyl (C=O) groups excluding carboxylic acids is 1. The van der Waals surface area contributed by atoms with E-state index < -0.39 is 5.54 Å². The lowest BCUT2D eigenvalue weighted by Crippen LogP contribution is -2.50. The van der Waals surface area contributed by atoms with Crippen molar-refractivity contribution in [2.75, 3.05) is 13.6 Å². The fourth-order valence-corrected chi connectivity index (χ4v) is 1.16. The van der Waals surface area contributed by atoms with Crippen LogP contribution in [0.1, 0.15) is 24.2 Å². The SMILES string of the molecule is CN(C(=O)c1ccncc1O)C(C)(C)CN. The van der Waals surface area contributed by atoms with Crippen molar-refractivity contribution < 1.29 is 9.90 Å². The van der Waals surface area contributed by atoms with Gasteiger partial charge in [-0.1, -0.05) is 0 Å². The third kappa shape index (κ3) is 2.30. The maximum Gasteiger partial charge on any atom is 0.257 e. The zero-order chi connectivity index (χ0) is 12.3. The van der Waals surface area contributed by atoms with Crippen molar-refractivity contribution >= 4 is 5.91 Å². The van der Waals surface area contributed by atoms with Gasteiger partial charge in [-0.05, 0) is 19.9 Å². The predicted octanol–water partition coefficient (Wildman–Crippen LogP) is 0.596. The van der Waals surface area contributed by atoms with E-state index in [-0.39, 0.29) is 17.2 Å². The minimum absolute atomic E-state index is 0.118. The van der Waals surface area contributed by atoms with Crippen LogP contribution in [0.3, 0.4) is 0 Å². The average molecular weight is 223 g/mol. The van der Waals surface area contributed by atoms with Gasteiger partial charge in [0.1, 0.15) is 5.75 Å². The number of pyridine rings is 1. The molecule has 5 nitrogen and oxygen atoms in total. The molecule has 0 aliphatic rings. The molecule has 0 spiro atoms. The standard InChI is InChI=1S/C11H17N3O2/c1-11(2,7-12)14(3)10(16)8-4-5-13-6-9(8)15/h4-6,15H,7,12H2,1-3H3. The molecule has 0 saturated carbocycles. The maximum atomic E-state index is 12.1. The second-order valence-electron chi connectivity index (χ2n) is 4.27. The van der Waals surface area contributed by atoms with Crippen LogP contribution < -0.4 is 5.73 Å². The van der Waals surface area contributed by atoms with Gasteiger partial charge in [0.15, 0.2) is 0 Å². The number of rotatable bonds is 3. The van der Waals surface area contributed by atoms with Gasteiger partial charge >= 0.3 is 0 Å². The highest BCUT2D eigenvalue weighted by atomic mass is 16.3. The zero-order valence-electron chi connectivity index (χ0n) is 9.77. The summed E-state index contributed by atoms with van der Waals surface area (Å²) in [5.41, 5.74) is 5.38. The zero-order valence-corrected chi connectivity index (χ0v) is 9.77. The number of carbonyl (C=O) groups is 1. The fourth-order valence-electron chi connectivity index (χ4n) is 1.16. The van der Waals surface area contributed by atoms with Gasteiger partial charge in [-0.15, -0.1) is 0 Å². The summed E-state index contributed by atoms with van der Waals surface area (Å²) in [4.78, 5) is 17.3. The van der Waals surface area contributed by atoms with Crippen LogP contribution in [0.2, 0.25) is 0 Å². The minimum Gasteiger partial charge on any atom is -0.505 e. The van der Waals surface area contributed by atoms with Crippen molar-refractivity contribution in [3.63, 3.8) is 0 Å². The van der Waals surface area contributed by atoms with Crippen LogP contribution in [0.4, 0.5) is 0 Å². The van der Waals surface area contributed by atoms with Crippen LogP contribution >= 0.6 is 0 Å². The van der Waals surface area contributed by atoms with E-state index in [0.717, 1.165) is 0 Å². The summed E-state index contributed by atoms with van der Waals surface area (Å²) in [6.45, 7) is 4.08. The lowest BCUT2D eigenvalue weighted by atomic mass is 10.0. The van der Waals surface area contributed by atoms with E-state index in [0.29, 0.717) is 6.54 Å². The quantitative estimate of drug-likeness (QED) is 0.786. The fraction of sp³-hybridized carbons (Fsp3) is 0.455. The number of aromatic hydroxyl groups is 1. The van der Waals surface area contributed by atoms with Gasteiger partial charge in [-0.25, -0.2) is 0 Å². The van der Waals surface area contributed by atoms with E-state index in [1.807, 2.05) is 13.8 Å². The normalized spacial score (nSPS) is 11.2. The number of aromatic nitrogens is 1. The average Bonchev–Trinajstić information content (AvgIpc) is 2.27. The molecule has 1 aromatic rings. The summed E-state index contributed by atoms with van der Waals surface area (Å²) in [5.74, 6) is -0.387. The molecule has 0 radical (unpaired) electrons. The maximum absolute atomic E-state index is 12.1. The van der Waals surface area contributed by atoms with Gasteiger partial charge < -0.3 is 15.7 Å². The van der Waals surface area contributed by atoms with Crippen LogP contribution in [-0.4, -0.2) is 40.0 Å². The third-order valence-electron chi connectivity index (χ3n) is 2.74. The van der Waals surface area contributed by atoms with Crippen molar-refractivity contribution in [2.45, 2.75) is 19.4 Å². The molecule has 1 aromatic heterocycles. The highest BCUT2D eigenvalue weighted by molar-refractivity contribution is 5.96. The number of amides is 1. The Morgan fingerprint density at radius 3 is 2.75 bits per heavy atom. The first-order valence-electron chi connectivity index (χ1n) is 5.01. The number of nitrogens with zero attached hydrogens (tertiary/aromatic N) is 2. The molecule has 1 heterocycles. The first-order chi connectivity index (χ1) is 7.40. The van der Waals surface area contributed by atoms with Gasteiger partial charge in [0, 0.05) is 25.3 Å². The Morgan fingerprint density at radius 1 is 1.62 bits per heavy atom. The van der Waals surface area contributed by atoms with E-state index in [2.05, 4.69) is 4.98 Å².